The summed E-state index contributed by atoms with van der Waals surface area (Å²) >= 11 is 0. The van der Waals surface area contributed by atoms with Crippen LogP contribution < -0.4 is 0 Å². The molecule has 0 aliphatic heterocycles. The smallest absolute Gasteiger partial charge is 0.312 e. The van der Waals surface area contributed by atoms with E-state index in [4.69, 9.17) is 4.74 Å². The Morgan fingerprint density at radius 3 is 2.30 bits per heavy atom. The van der Waals surface area contributed by atoms with Gasteiger partial charge in [-0.05, 0) is 79.0 Å². The van der Waals surface area contributed by atoms with Crippen molar-refractivity contribution in [2.45, 2.75) is 50.5 Å². The molecule has 0 heterocycles. The molecule has 0 radical (unpaired) electrons. The molecule has 0 amide bonds. The Labute approximate surface area is 160 Å². The van der Waals surface area contributed by atoms with Crippen molar-refractivity contribution in [2.75, 3.05) is 0 Å². The molecule has 3 nitrogen and oxygen atoms in total. The van der Waals surface area contributed by atoms with Crippen LogP contribution >= 0.6 is 0 Å². The molecule has 4 aliphatic carbocycles. The first kappa shape index (κ1) is 16.9. The lowest BCUT2D eigenvalue weighted by atomic mass is 9.43. The highest BCUT2D eigenvalue weighted by Crippen LogP contribution is 2.66. The Bertz CT molecular complexity index is 826. The number of carbonyl (C=O) groups is 1. The average molecular weight is 362 g/mol. The molecule has 0 saturated heterocycles. The van der Waals surface area contributed by atoms with Crippen LogP contribution in [0.15, 0.2) is 54.6 Å². The van der Waals surface area contributed by atoms with Gasteiger partial charge in [0.25, 0.3) is 0 Å². The van der Waals surface area contributed by atoms with E-state index < -0.39 is 0 Å². The van der Waals surface area contributed by atoms with Gasteiger partial charge in [-0.15, -0.1) is 0 Å². The Morgan fingerprint density at radius 2 is 1.63 bits per heavy atom. The number of esters is 1. The van der Waals surface area contributed by atoms with Crippen LogP contribution in [-0.4, -0.2) is 11.1 Å². The highest BCUT2D eigenvalue weighted by atomic mass is 16.5. The molecular formula is C24H26O3. The fraction of sp³-hybridized carbons (Fsp3) is 0.458. The highest BCUT2D eigenvalue weighted by Gasteiger charge is 2.61. The molecular weight excluding hydrogens is 336 g/mol. The van der Waals surface area contributed by atoms with Crippen molar-refractivity contribution < 1.29 is 14.6 Å². The molecule has 0 aromatic heterocycles. The monoisotopic (exact) mass is 362 g/mol. The molecule has 2 unspecified atom stereocenters. The first-order valence-electron chi connectivity index (χ1n) is 10.1. The molecule has 4 saturated carbocycles. The number of phenols is 1. The summed E-state index contributed by atoms with van der Waals surface area (Å²) in [6, 6.07) is 17.6. The van der Waals surface area contributed by atoms with Crippen LogP contribution in [-0.2, 0) is 21.6 Å². The third-order valence-corrected chi connectivity index (χ3v) is 7.19. The standard InChI is InChI=1S/C24H26O3/c25-21-8-6-20(7-9-21)23-11-18-10-19(12-23)14-24(13-18,16-23)22(26)27-15-17-4-2-1-3-5-17/h1-9,18-19,25H,10-16H2. The normalized spacial score (nSPS) is 33.8. The van der Waals surface area contributed by atoms with Crippen molar-refractivity contribution in [3.8, 4) is 5.75 Å². The third-order valence-electron chi connectivity index (χ3n) is 7.19. The minimum absolute atomic E-state index is 0.00334. The van der Waals surface area contributed by atoms with Gasteiger partial charge in [0.1, 0.15) is 12.4 Å². The number of hydrogen-bond acceptors (Lipinski definition) is 3. The number of hydrogen-bond donors (Lipinski definition) is 1. The van der Waals surface area contributed by atoms with Gasteiger partial charge in [0, 0.05) is 0 Å². The van der Waals surface area contributed by atoms with Gasteiger partial charge in [0.05, 0.1) is 5.41 Å². The summed E-state index contributed by atoms with van der Waals surface area (Å²) < 4.78 is 5.83. The highest BCUT2D eigenvalue weighted by molar-refractivity contribution is 5.78. The third kappa shape index (κ3) is 2.84. The maximum Gasteiger partial charge on any atom is 0.312 e. The summed E-state index contributed by atoms with van der Waals surface area (Å²) in [6.07, 6.45) is 6.46. The van der Waals surface area contributed by atoms with Gasteiger partial charge in [0.15, 0.2) is 0 Å². The molecule has 2 aromatic carbocycles. The quantitative estimate of drug-likeness (QED) is 0.781. The van der Waals surface area contributed by atoms with Crippen LogP contribution in [0.5, 0.6) is 5.75 Å². The van der Waals surface area contributed by atoms with E-state index in [1.54, 1.807) is 12.1 Å². The van der Waals surface area contributed by atoms with E-state index in [0.717, 1.165) is 24.8 Å². The van der Waals surface area contributed by atoms with E-state index in [2.05, 4.69) is 12.1 Å². The fourth-order valence-corrected chi connectivity index (χ4v) is 6.53. The van der Waals surface area contributed by atoms with Crippen molar-refractivity contribution in [3.63, 3.8) is 0 Å². The van der Waals surface area contributed by atoms with Crippen molar-refractivity contribution in [2.24, 2.45) is 17.3 Å². The van der Waals surface area contributed by atoms with Crippen LogP contribution in [0.2, 0.25) is 0 Å². The topological polar surface area (TPSA) is 46.5 Å². The molecule has 3 heteroatoms. The zero-order chi connectivity index (χ0) is 18.5. The molecule has 2 aromatic rings. The molecule has 1 N–H and O–H groups in total. The second kappa shape index (κ2) is 6.12. The molecule has 27 heavy (non-hydrogen) atoms. The summed E-state index contributed by atoms with van der Waals surface area (Å²) in [6.45, 7) is 0.364. The molecule has 6 rings (SSSR count). The zero-order valence-electron chi connectivity index (χ0n) is 15.6. The molecule has 2 atom stereocenters. The van der Waals surface area contributed by atoms with Crippen LogP contribution in [0.25, 0.3) is 0 Å². The van der Waals surface area contributed by atoms with Crippen LogP contribution in [0.1, 0.15) is 49.7 Å². The Kier molecular flexibility index (Phi) is 3.82. The number of carbonyl (C=O) groups excluding carboxylic acids is 1. The van der Waals surface area contributed by atoms with Gasteiger partial charge in [-0.25, -0.2) is 0 Å². The summed E-state index contributed by atoms with van der Waals surface area (Å²) in [4.78, 5) is 13.2. The van der Waals surface area contributed by atoms with Crippen molar-refractivity contribution in [1.82, 2.24) is 0 Å². The van der Waals surface area contributed by atoms with E-state index in [0.29, 0.717) is 24.2 Å². The second-order valence-electron chi connectivity index (χ2n) is 9.13. The van der Waals surface area contributed by atoms with E-state index in [1.165, 1.54) is 24.8 Å². The number of aromatic hydroxyl groups is 1. The van der Waals surface area contributed by atoms with Crippen molar-refractivity contribution >= 4 is 5.97 Å². The van der Waals surface area contributed by atoms with Gasteiger partial charge in [-0.2, -0.15) is 0 Å². The predicted octanol–water partition coefficient (Wildman–Crippen LogP) is 4.97. The van der Waals surface area contributed by atoms with E-state index in [9.17, 15) is 9.90 Å². The summed E-state index contributed by atoms with van der Waals surface area (Å²) in [5.41, 5.74) is 2.08. The summed E-state index contributed by atoms with van der Waals surface area (Å²) in [5.74, 6) is 1.54. The minimum Gasteiger partial charge on any atom is -0.508 e. The summed E-state index contributed by atoms with van der Waals surface area (Å²) in [5, 5.41) is 9.68. The van der Waals surface area contributed by atoms with E-state index >= 15 is 0 Å². The minimum atomic E-state index is -0.323. The maximum absolute atomic E-state index is 13.2. The first-order chi connectivity index (χ1) is 13.1. The molecule has 4 fully saturated rings. The van der Waals surface area contributed by atoms with Crippen LogP contribution in [0.4, 0.5) is 0 Å². The maximum atomic E-state index is 13.2. The Morgan fingerprint density at radius 1 is 0.963 bits per heavy atom. The van der Waals surface area contributed by atoms with Gasteiger partial charge in [-0.3, -0.25) is 4.79 Å². The van der Waals surface area contributed by atoms with Gasteiger partial charge in [0.2, 0.25) is 0 Å². The van der Waals surface area contributed by atoms with E-state index in [1.807, 2.05) is 30.3 Å². The van der Waals surface area contributed by atoms with Crippen molar-refractivity contribution in [1.29, 1.82) is 0 Å². The lowest BCUT2D eigenvalue weighted by Crippen LogP contribution is -2.57. The van der Waals surface area contributed by atoms with Crippen molar-refractivity contribution in [3.05, 3.63) is 65.7 Å². The van der Waals surface area contributed by atoms with Gasteiger partial charge in [-0.1, -0.05) is 42.5 Å². The Balaban J connectivity index is 1.41. The number of benzene rings is 2. The second-order valence-corrected chi connectivity index (χ2v) is 9.13. The van der Waals surface area contributed by atoms with Crippen LogP contribution in [0, 0.1) is 17.3 Å². The van der Waals surface area contributed by atoms with Gasteiger partial charge >= 0.3 is 5.97 Å². The SMILES string of the molecule is O=C(OCc1ccccc1)C12CC3CC(C1)CC(c1ccc(O)cc1)(C3)C2. The molecule has 4 bridgehead atoms. The van der Waals surface area contributed by atoms with Crippen LogP contribution in [0.3, 0.4) is 0 Å². The molecule has 140 valence electrons. The number of rotatable bonds is 4. The average Bonchev–Trinajstić information content (AvgIpc) is 2.66. The number of ether oxygens (including phenoxy) is 1. The first-order valence-corrected chi connectivity index (χ1v) is 10.1. The number of phenolic OH excluding ortho intramolecular Hbond substituents is 1. The molecule has 4 aliphatic rings. The molecule has 0 spiro atoms. The largest absolute Gasteiger partial charge is 0.508 e. The lowest BCUT2D eigenvalue weighted by molar-refractivity contribution is -0.175. The van der Waals surface area contributed by atoms with E-state index in [-0.39, 0.29) is 16.8 Å². The zero-order valence-corrected chi connectivity index (χ0v) is 15.6. The Hall–Kier alpha value is -2.29. The summed E-state index contributed by atoms with van der Waals surface area (Å²) in [7, 11) is 0. The lowest BCUT2D eigenvalue weighted by Gasteiger charge is -2.61. The van der Waals surface area contributed by atoms with Gasteiger partial charge < -0.3 is 9.84 Å². The fourth-order valence-electron chi connectivity index (χ4n) is 6.53. The predicted molar refractivity (Wildman–Crippen MR) is 103 cm³/mol.